The number of nitrogens with zero attached hydrogens (tertiary/aromatic N) is 4. The first-order valence-corrected chi connectivity index (χ1v) is 7.30. The number of carbonyl (C=O) groups is 1. The number of rotatable bonds is 3. The van der Waals surface area contributed by atoms with E-state index < -0.39 is 0 Å². The molecule has 0 spiro atoms. The molecule has 19 heavy (non-hydrogen) atoms. The van der Waals surface area contributed by atoms with Crippen molar-refractivity contribution < 1.29 is 4.79 Å². The molecule has 2 aromatic heterocycles. The molecule has 1 aliphatic rings. The number of carbonyl (C=O) groups excluding carboxylic acids is 1. The van der Waals surface area contributed by atoms with E-state index in [9.17, 15) is 4.79 Å². The SMILES string of the molecule is NNC(=O)Cc1nn2c(C3CCCCC3)nnc2s1. The molecule has 0 unspecified atom stereocenters. The molecular weight excluding hydrogens is 264 g/mol. The van der Waals surface area contributed by atoms with E-state index >= 15 is 0 Å². The third-order valence-electron chi connectivity index (χ3n) is 3.50. The highest BCUT2D eigenvalue weighted by Gasteiger charge is 2.23. The molecule has 1 fully saturated rings. The lowest BCUT2D eigenvalue weighted by molar-refractivity contribution is -0.120. The van der Waals surface area contributed by atoms with Crippen molar-refractivity contribution in [2.45, 2.75) is 44.4 Å². The van der Waals surface area contributed by atoms with E-state index in [4.69, 9.17) is 5.84 Å². The van der Waals surface area contributed by atoms with Gasteiger partial charge in [0.1, 0.15) is 5.01 Å². The van der Waals surface area contributed by atoms with Gasteiger partial charge in [0.25, 0.3) is 0 Å². The molecule has 1 saturated carbocycles. The topological polar surface area (TPSA) is 98.2 Å². The Kier molecular flexibility index (Phi) is 3.43. The quantitative estimate of drug-likeness (QED) is 0.491. The molecule has 0 bridgehead atoms. The number of amides is 1. The molecule has 8 heteroatoms. The summed E-state index contributed by atoms with van der Waals surface area (Å²) in [6.07, 6.45) is 6.28. The number of aromatic nitrogens is 4. The predicted octanol–water partition coefficient (Wildman–Crippen LogP) is 0.766. The summed E-state index contributed by atoms with van der Waals surface area (Å²) >= 11 is 1.39. The van der Waals surface area contributed by atoms with Crippen molar-refractivity contribution in [1.82, 2.24) is 25.2 Å². The highest BCUT2D eigenvalue weighted by Crippen LogP contribution is 2.32. The normalized spacial score (nSPS) is 16.9. The van der Waals surface area contributed by atoms with Crippen molar-refractivity contribution in [2.24, 2.45) is 5.84 Å². The van der Waals surface area contributed by atoms with Crippen LogP contribution < -0.4 is 11.3 Å². The summed E-state index contributed by atoms with van der Waals surface area (Å²) in [5.74, 6) is 6.21. The molecule has 0 atom stereocenters. The maximum absolute atomic E-state index is 11.3. The maximum atomic E-state index is 11.3. The average Bonchev–Trinajstić information content (AvgIpc) is 2.99. The van der Waals surface area contributed by atoms with Gasteiger partial charge in [-0.25, -0.2) is 5.84 Å². The molecule has 1 amide bonds. The molecule has 7 nitrogen and oxygen atoms in total. The highest BCUT2D eigenvalue weighted by atomic mass is 32.1. The minimum Gasteiger partial charge on any atom is -0.294 e. The molecule has 3 rings (SSSR count). The van der Waals surface area contributed by atoms with Gasteiger partial charge in [0.05, 0.1) is 6.42 Å². The second kappa shape index (κ2) is 5.22. The van der Waals surface area contributed by atoms with Crippen LogP contribution in [0.15, 0.2) is 0 Å². The molecule has 0 aliphatic heterocycles. The Morgan fingerprint density at radius 3 is 2.89 bits per heavy atom. The van der Waals surface area contributed by atoms with E-state index in [1.54, 1.807) is 4.52 Å². The number of nitrogens with two attached hydrogens (primary N) is 1. The van der Waals surface area contributed by atoms with Crippen molar-refractivity contribution in [3.63, 3.8) is 0 Å². The molecular formula is C11H16N6OS. The van der Waals surface area contributed by atoms with Crippen molar-refractivity contribution in [3.8, 4) is 0 Å². The van der Waals surface area contributed by atoms with Gasteiger partial charge in [0, 0.05) is 5.92 Å². The van der Waals surface area contributed by atoms with Crippen LogP contribution in [-0.4, -0.2) is 25.7 Å². The first-order valence-electron chi connectivity index (χ1n) is 6.48. The summed E-state index contributed by atoms with van der Waals surface area (Å²) in [5.41, 5.74) is 2.11. The zero-order valence-corrected chi connectivity index (χ0v) is 11.3. The zero-order valence-electron chi connectivity index (χ0n) is 10.5. The van der Waals surface area contributed by atoms with E-state index in [-0.39, 0.29) is 12.3 Å². The monoisotopic (exact) mass is 280 g/mol. The summed E-state index contributed by atoms with van der Waals surface area (Å²) < 4.78 is 1.79. The third-order valence-corrected chi connectivity index (χ3v) is 4.40. The standard InChI is InChI=1S/C11H16N6OS/c12-13-8(18)6-9-16-17-10(14-15-11(17)19-9)7-4-2-1-3-5-7/h7H,1-6,12H2,(H,13,18). The van der Waals surface area contributed by atoms with Gasteiger partial charge in [-0.2, -0.15) is 9.61 Å². The van der Waals surface area contributed by atoms with Crippen LogP contribution in [-0.2, 0) is 11.2 Å². The lowest BCUT2D eigenvalue weighted by Crippen LogP contribution is -2.31. The van der Waals surface area contributed by atoms with Gasteiger partial charge in [-0.1, -0.05) is 30.6 Å². The smallest absolute Gasteiger partial charge is 0.240 e. The van der Waals surface area contributed by atoms with E-state index in [2.05, 4.69) is 20.7 Å². The van der Waals surface area contributed by atoms with Gasteiger partial charge in [-0.05, 0) is 12.8 Å². The fourth-order valence-electron chi connectivity index (χ4n) is 2.55. The van der Waals surface area contributed by atoms with Crippen molar-refractivity contribution in [2.75, 3.05) is 0 Å². The van der Waals surface area contributed by atoms with E-state index in [0.717, 1.165) is 23.6 Å². The van der Waals surface area contributed by atoms with Crippen molar-refractivity contribution in [3.05, 3.63) is 10.8 Å². The van der Waals surface area contributed by atoms with Crippen LogP contribution in [0.1, 0.15) is 48.9 Å². The molecule has 102 valence electrons. The Labute approximate surface area is 114 Å². The van der Waals surface area contributed by atoms with Gasteiger partial charge in [-0.15, -0.1) is 10.2 Å². The summed E-state index contributed by atoms with van der Waals surface area (Å²) in [5, 5.41) is 13.6. The second-order valence-electron chi connectivity index (χ2n) is 4.83. The first kappa shape index (κ1) is 12.5. The number of hydrogen-bond acceptors (Lipinski definition) is 6. The van der Waals surface area contributed by atoms with Gasteiger partial charge in [-0.3, -0.25) is 10.2 Å². The van der Waals surface area contributed by atoms with Crippen LogP contribution in [0.4, 0.5) is 0 Å². The maximum Gasteiger partial charge on any atom is 0.240 e. The summed E-state index contributed by atoms with van der Waals surface area (Å²) in [4.78, 5) is 12.0. The first-order chi connectivity index (χ1) is 9.28. The van der Waals surface area contributed by atoms with Gasteiger partial charge < -0.3 is 0 Å². The van der Waals surface area contributed by atoms with Crippen LogP contribution >= 0.6 is 11.3 Å². The predicted molar refractivity (Wildman–Crippen MR) is 70.5 cm³/mol. The van der Waals surface area contributed by atoms with Crippen molar-refractivity contribution in [1.29, 1.82) is 0 Å². The van der Waals surface area contributed by atoms with Crippen LogP contribution in [0.3, 0.4) is 0 Å². The van der Waals surface area contributed by atoms with Crippen LogP contribution in [0.2, 0.25) is 0 Å². The number of fused-ring (bicyclic) bond motifs is 1. The van der Waals surface area contributed by atoms with E-state index in [1.165, 1.54) is 30.6 Å². The van der Waals surface area contributed by atoms with Crippen molar-refractivity contribution >= 4 is 22.2 Å². The highest BCUT2D eigenvalue weighted by molar-refractivity contribution is 7.16. The van der Waals surface area contributed by atoms with Crippen LogP contribution in [0, 0.1) is 0 Å². The Balaban J connectivity index is 1.87. The molecule has 2 heterocycles. The minimum absolute atomic E-state index is 0.189. The zero-order chi connectivity index (χ0) is 13.2. The van der Waals surface area contributed by atoms with Gasteiger partial charge in [0.15, 0.2) is 5.82 Å². The summed E-state index contributed by atoms with van der Waals surface area (Å²) in [7, 11) is 0. The Morgan fingerprint density at radius 2 is 2.16 bits per heavy atom. The summed E-state index contributed by atoms with van der Waals surface area (Å²) in [6.45, 7) is 0. The van der Waals surface area contributed by atoms with Gasteiger partial charge >= 0.3 is 0 Å². The molecule has 0 radical (unpaired) electrons. The number of hydrogen-bond donors (Lipinski definition) is 2. The summed E-state index contributed by atoms with van der Waals surface area (Å²) in [6, 6.07) is 0. The fourth-order valence-corrected chi connectivity index (χ4v) is 3.39. The number of hydrazine groups is 1. The molecule has 1 aliphatic carbocycles. The third kappa shape index (κ3) is 2.45. The Bertz CT molecular complexity index is 585. The minimum atomic E-state index is -0.246. The Morgan fingerprint density at radius 1 is 1.37 bits per heavy atom. The van der Waals surface area contributed by atoms with Crippen LogP contribution in [0.5, 0.6) is 0 Å². The molecule has 3 N–H and O–H groups in total. The lowest BCUT2D eigenvalue weighted by Gasteiger charge is -2.18. The van der Waals surface area contributed by atoms with E-state index in [1.807, 2.05) is 0 Å². The number of nitrogens with one attached hydrogen (secondary N) is 1. The van der Waals surface area contributed by atoms with Gasteiger partial charge in [0.2, 0.25) is 10.9 Å². The Hall–Kier alpha value is -1.54. The average molecular weight is 280 g/mol. The van der Waals surface area contributed by atoms with E-state index in [0.29, 0.717) is 10.9 Å². The molecule has 2 aromatic rings. The van der Waals surface area contributed by atoms with Crippen LogP contribution in [0.25, 0.3) is 4.96 Å². The fraction of sp³-hybridized carbons (Fsp3) is 0.636. The molecule has 0 aromatic carbocycles. The second-order valence-corrected chi connectivity index (χ2v) is 5.87. The lowest BCUT2D eigenvalue weighted by atomic mass is 9.89. The largest absolute Gasteiger partial charge is 0.294 e. The molecule has 0 saturated heterocycles.